The van der Waals surface area contributed by atoms with Crippen molar-refractivity contribution >= 4 is 18.6 Å². The number of carboxylic acid groups (broad SMARTS) is 1. The fraction of sp³-hybridized carbons (Fsp3) is 0.750. The van der Waals surface area contributed by atoms with Crippen molar-refractivity contribution < 1.29 is 9.90 Å². The number of nitroso groups, excluding NO2 is 1. The van der Waals surface area contributed by atoms with Crippen LogP contribution in [-0.4, -0.2) is 22.9 Å². The van der Waals surface area contributed by atoms with E-state index in [-0.39, 0.29) is 6.42 Å². The third kappa shape index (κ3) is 3.29. The molecule has 1 unspecified atom stereocenters. The summed E-state index contributed by atoms with van der Waals surface area (Å²) in [5.74, 6) is -0.687. The van der Waals surface area contributed by atoms with Crippen molar-refractivity contribution in [1.82, 2.24) is 5.43 Å². The molecule has 0 amide bonds. The number of hydrogen-bond donors (Lipinski definition) is 3. The molecule has 1 atom stereocenters. The summed E-state index contributed by atoms with van der Waals surface area (Å²) < 4.78 is 0. The highest BCUT2D eigenvalue weighted by atomic mass is 32.1. The second-order valence-electron chi connectivity index (χ2n) is 1.62. The van der Waals surface area contributed by atoms with Gasteiger partial charge in [-0.15, -0.1) is 4.91 Å². The topological polar surface area (TPSA) is 78.8 Å². The Bertz CT molecular complexity index is 130. The second-order valence-corrected chi connectivity index (χ2v) is 2.07. The normalized spacial score (nSPS) is 12.1. The van der Waals surface area contributed by atoms with Gasteiger partial charge >= 0.3 is 5.97 Å². The Balaban J connectivity index is 3.71. The zero-order valence-electron chi connectivity index (χ0n) is 5.15. The third-order valence-corrected chi connectivity index (χ3v) is 1.18. The summed E-state index contributed by atoms with van der Waals surface area (Å²) in [5, 5.41) is 10.6. The molecule has 0 aromatic heterocycles. The smallest absolute Gasteiger partial charge is 0.327 e. The van der Waals surface area contributed by atoms with Crippen LogP contribution in [0.15, 0.2) is 5.29 Å². The molecule has 6 heteroatoms. The zero-order valence-corrected chi connectivity index (χ0v) is 6.04. The number of rotatable bonds is 5. The standard InChI is InChI=1S/C4H8N2O3S/c7-4(8)3(1-2-10)5-6-9/h3,10H,1-2H2,(H,5,9)(H,7,8). The second kappa shape index (κ2) is 5.04. The lowest BCUT2D eigenvalue weighted by Crippen LogP contribution is -2.33. The minimum atomic E-state index is -1.09. The highest BCUT2D eigenvalue weighted by Crippen LogP contribution is 1.93. The van der Waals surface area contributed by atoms with Gasteiger partial charge in [-0.2, -0.15) is 12.6 Å². The fourth-order valence-corrected chi connectivity index (χ4v) is 0.694. The summed E-state index contributed by atoms with van der Waals surface area (Å²) in [6.07, 6.45) is 0.282. The highest BCUT2D eigenvalue weighted by molar-refractivity contribution is 7.80. The number of carbonyl (C=O) groups is 1. The van der Waals surface area contributed by atoms with Crippen LogP contribution in [0.1, 0.15) is 6.42 Å². The third-order valence-electron chi connectivity index (χ3n) is 0.924. The Kier molecular flexibility index (Phi) is 4.65. The van der Waals surface area contributed by atoms with Crippen molar-refractivity contribution in [2.24, 2.45) is 5.29 Å². The van der Waals surface area contributed by atoms with Gasteiger partial charge in [-0.05, 0) is 12.2 Å². The molecule has 0 aliphatic carbocycles. The van der Waals surface area contributed by atoms with E-state index >= 15 is 0 Å². The monoisotopic (exact) mass is 164 g/mol. The lowest BCUT2D eigenvalue weighted by Gasteiger charge is -2.05. The summed E-state index contributed by atoms with van der Waals surface area (Å²) in [6, 6.07) is -0.907. The maximum atomic E-state index is 10.2. The van der Waals surface area contributed by atoms with Crippen LogP contribution in [-0.2, 0) is 4.79 Å². The number of thiol groups is 1. The Morgan fingerprint density at radius 3 is 2.70 bits per heavy atom. The van der Waals surface area contributed by atoms with E-state index in [2.05, 4.69) is 17.9 Å². The molecule has 0 aromatic rings. The summed E-state index contributed by atoms with van der Waals surface area (Å²) in [7, 11) is 0. The molecule has 0 aromatic carbocycles. The van der Waals surface area contributed by atoms with E-state index in [9.17, 15) is 9.70 Å². The van der Waals surface area contributed by atoms with Crippen LogP contribution in [0.2, 0.25) is 0 Å². The average molecular weight is 164 g/mol. The molecule has 0 bridgehead atoms. The molecule has 2 N–H and O–H groups in total. The average Bonchev–Trinajstić information content (AvgIpc) is 1.87. The minimum Gasteiger partial charge on any atom is -0.480 e. The van der Waals surface area contributed by atoms with Crippen LogP contribution in [0, 0.1) is 4.91 Å². The van der Waals surface area contributed by atoms with Crippen molar-refractivity contribution in [3.8, 4) is 0 Å². The van der Waals surface area contributed by atoms with Gasteiger partial charge in [0.05, 0.1) is 5.29 Å². The molecule has 0 heterocycles. The number of carboxylic acids is 1. The van der Waals surface area contributed by atoms with Gasteiger partial charge in [-0.25, -0.2) is 4.79 Å². The lowest BCUT2D eigenvalue weighted by molar-refractivity contribution is -0.139. The predicted octanol–water partition coefficient (Wildman–Crippen LogP) is 0.0305. The highest BCUT2D eigenvalue weighted by Gasteiger charge is 2.14. The van der Waals surface area contributed by atoms with Gasteiger partial charge < -0.3 is 5.11 Å². The van der Waals surface area contributed by atoms with Crippen LogP contribution in [0.4, 0.5) is 0 Å². The van der Waals surface area contributed by atoms with E-state index in [1.165, 1.54) is 0 Å². The van der Waals surface area contributed by atoms with Crippen LogP contribution < -0.4 is 5.43 Å². The van der Waals surface area contributed by atoms with Crippen molar-refractivity contribution in [2.45, 2.75) is 12.5 Å². The van der Waals surface area contributed by atoms with E-state index in [4.69, 9.17) is 5.11 Å². The molecule has 10 heavy (non-hydrogen) atoms. The maximum absolute atomic E-state index is 10.2. The summed E-state index contributed by atoms with van der Waals surface area (Å²) >= 11 is 3.80. The van der Waals surface area contributed by atoms with Gasteiger partial charge in [-0.3, -0.25) is 5.43 Å². The zero-order chi connectivity index (χ0) is 7.98. The van der Waals surface area contributed by atoms with Gasteiger partial charge in [0.15, 0.2) is 0 Å². The van der Waals surface area contributed by atoms with Crippen LogP contribution in [0.3, 0.4) is 0 Å². The quantitative estimate of drug-likeness (QED) is 0.304. The first-order valence-corrected chi connectivity index (χ1v) is 3.27. The van der Waals surface area contributed by atoms with Crippen LogP contribution in [0.5, 0.6) is 0 Å². The largest absolute Gasteiger partial charge is 0.480 e. The first-order valence-electron chi connectivity index (χ1n) is 2.64. The first-order chi connectivity index (χ1) is 4.72. The first kappa shape index (κ1) is 9.22. The van der Waals surface area contributed by atoms with E-state index in [0.29, 0.717) is 5.75 Å². The number of aliphatic carboxylic acids is 1. The molecule has 0 radical (unpaired) electrons. The lowest BCUT2D eigenvalue weighted by atomic mass is 10.2. The van der Waals surface area contributed by atoms with Gasteiger partial charge in [0, 0.05) is 0 Å². The maximum Gasteiger partial charge on any atom is 0.327 e. The van der Waals surface area contributed by atoms with E-state index in [1.54, 1.807) is 0 Å². The fourth-order valence-electron chi connectivity index (χ4n) is 0.436. The van der Waals surface area contributed by atoms with Gasteiger partial charge in [0.2, 0.25) is 0 Å². The summed E-state index contributed by atoms with van der Waals surface area (Å²) in [4.78, 5) is 19.7. The van der Waals surface area contributed by atoms with Crippen molar-refractivity contribution in [2.75, 3.05) is 5.75 Å². The van der Waals surface area contributed by atoms with Gasteiger partial charge in [0.1, 0.15) is 6.04 Å². The van der Waals surface area contributed by atoms with E-state index in [1.807, 2.05) is 5.43 Å². The molecule has 0 saturated carbocycles. The van der Waals surface area contributed by atoms with Crippen LogP contribution in [0.25, 0.3) is 0 Å². The van der Waals surface area contributed by atoms with Gasteiger partial charge in [0.25, 0.3) is 0 Å². The molecule has 0 rings (SSSR count). The molecule has 0 fully saturated rings. The van der Waals surface area contributed by atoms with Crippen molar-refractivity contribution in [3.63, 3.8) is 0 Å². The van der Waals surface area contributed by atoms with Crippen molar-refractivity contribution in [3.05, 3.63) is 4.91 Å². The number of hydrogen-bond acceptors (Lipinski definition) is 4. The molecule has 0 aliphatic heterocycles. The molecule has 0 spiro atoms. The van der Waals surface area contributed by atoms with Gasteiger partial charge in [-0.1, -0.05) is 0 Å². The SMILES string of the molecule is O=NNC(CCS)C(=O)O. The Morgan fingerprint density at radius 1 is 1.80 bits per heavy atom. The predicted molar refractivity (Wildman–Crippen MR) is 38.8 cm³/mol. The molecule has 5 nitrogen and oxygen atoms in total. The number of nitrogens with one attached hydrogen (secondary N) is 1. The molecule has 0 saturated heterocycles. The summed E-state index contributed by atoms with van der Waals surface area (Å²) in [6.45, 7) is 0. The number of nitrogens with zero attached hydrogens (tertiary/aromatic N) is 1. The van der Waals surface area contributed by atoms with Crippen molar-refractivity contribution in [1.29, 1.82) is 0 Å². The molecule has 0 aliphatic rings. The molecular formula is C4H8N2O3S. The Hall–Kier alpha value is -0.780. The Labute approximate surface area is 63.2 Å². The Morgan fingerprint density at radius 2 is 2.40 bits per heavy atom. The van der Waals surface area contributed by atoms with E-state index < -0.39 is 12.0 Å². The molecule has 58 valence electrons. The minimum absolute atomic E-state index is 0.282. The van der Waals surface area contributed by atoms with Crippen LogP contribution >= 0.6 is 12.6 Å². The van der Waals surface area contributed by atoms with E-state index in [0.717, 1.165) is 0 Å². The summed E-state index contributed by atoms with van der Waals surface area (Å²) in [5.41, 5.74) is 1.90. The molecular weight excluding hydrogens is 156 g/mol.